The molecule has 3 aliphatic rings. The smallest absolute Gasteiger partial charge is 0.0529 e. The lowest BCUT2D eigenvalue weighted by atomic mass is 9.93. The van der Waals surface area contributed by atoms with Crippen LogP contribution in [0.3, 0.4) is 0 Å². The third kappa shape index (κ3) is 2.25. The summed E-state index contributed by atoms with van der Waals surface area (Å²) in [6, 6.07) is 1.31. The summed E-state index contributed by atoms with van der Waals surface area (Å²) >= 11 is 0. The van der Waals surface area contributed by atoms with Gasteiger partial charge in [-0.25, -0.2) is 0 Å². The molecule has 0 aliphatic carbocycles. The third-order valence-electron chi connectivity index (χ3n) is 4.37. The predicted octanol–water partition coefficient (Wildman–Crippen LogP) is 0.724. The fraction of sp³-hybridized carbons (Fsp3) is 1.00. The Morgan fingerprint density at radius 1 is 0.688 bits per heavy atom. The van der Waals surface area contributed by atoms with E-state index in [9.17, 15) is 0 Å². The highest BCUT2D eigenvalue weighted by Crippen LogP contribution is 2.24. The van der Waals surface area contributed by atoms with Crippen molar-refractivity contribution in [3.05, 3.63) is 0 Å². The van der Waals surface area contributed by atoms with E-state index in [4.69, 9.17) is 0 Å². The molecule has 3 saturated heterocycles. The molecule has 0 aromatic carbocycles. The van der Waals surface area contributed by atoms with E-state index in [1.54, 1.807) is 0 Å². The maximum Gasteiger partial charge on any atom is 0.0529 e. The topological polar surface area (TPSA) is 13.0 Å². The Balaban J connectivity index is 2.25. The zero-order chi connectivity index (χ0) is 11.9. The molecular weight excluding hydrogens is 200 g/mol. The molecule has 94 valence electrons. The number of fused-ring (bicyclic) bond motifs is 6. The van der Waals surface area contributed by atoms with Crippen LogP contribution in [0.25, 0.3) is 0 Å². The summed E-state index contributed by atoms with van der Waals surface area (Å²) in [4.78, 5) is 10.0. The zero-order valence-electron chi connectivity index (χ0n) is 11.3. The molecule has 0 spiro atoms. The summed E-state index contributed by atoms with van der Waals surface area (Å²) in [6.45, 7) is 11.5. The molecule has 3 fully saturated rings. The molecule has 16 heavy (non-hydrogen) atoms. The van der Waals surface area contributed by atoms with Crippen molar-refractivity contribution >= 4 is 0 Å². The molecule has 0 saturated carbocycles. The molecule has 3 aliphatic heterocycles. The lowest BCUT2D eigenvalue weighted by Crippen LogP contribution is -2.63. The van der Waals surface area contributed by atoms with E-state index in [0.717, 1.165) is 32.6 Å². The molecule has 0 aromatic rings. The van der Waals surface area contributed by atoms with Gasteiger partial charge >= 0.3 is 0 Å². The van der Waals surface area contributed by atoms with Gasteiger partial charge in [-0.05, 0) is 33.9 Å². The molecule has 0 radical (unpaired) electrons. The molecule has 3 rings (SSSR count). The number of nitrogens with zero attached hydrogens (tertiary/aromatic N) is 4. The molecule has 3 atom stereocenters. The van der Waals surface area contributed by atoms with E-state index in [0.29, 0.717) is 12.1 Å². The van der Waals surface area contributed by atoms with Crippen molar-refractivity contribution in [3.63, 3.8) is 0 Å². The Bertz CT molecular complexity index is 209. The van der Waals surface area contributed by atoms with Crippen LogP contribution in [0.4, 0.5) is 0 Å². The maximum absolute atomic E-state index is 2.59. The van der Waals surface area contributed by atoms with Gasteiger partial charge in [0.2, 0.25) is 0 Å². The van der Waals surface area contributed by atoms with Crippen molar-refractivity contribution in [3.8, 4) is 0 Å². The lowest BCUT2D eigenvalue weighted by Gasteiger charge is -2.51. The summed E-state index contributed by atoms with van der Waals surface area (Å²) in [5.41, 5.74) is 0. The van der Waals surface area contributed by atoms with Crippen LogP contribution >= 0.6 is 0 Å². The minimum Gasteiger partial charge on any atom is -0.280 e. The van der Waals surface area contributed by atoms with Crippen LogP contribution in [0, 0.1) is 5.92 Å². The van der Waals surface area contributed by atoms with Crippen molar-refractivity contribution < 1.29 is 0 Å². The van der Waals surface area contributed by atoms with Gasteiger partial charge in [-0.3, -0.25) is 19.6 Å². The fourth-order valence-electron chi connectivity index (χ4n) is 3.00. The number of rotatable bonds is 0. The second-order valence-electron chi connectivity index (χ2n) is 5.80. The highest BCUT2D eigenvalue weighted by molar-refractivity contribution is 4.86. The van der Waals surface area contributed by atoms with Gasteiger partial charge in [-0.15, -0.1) is 0 Å². The minimum absolute atomic E-state index is 0.656. The van der Waals surface area contributed by atoms with Crippen LogP contribution in [0.1, 0.15) is 20.8 Å². The number of hydrogen-bond donors (Lipinski definition) is 0. The Labute approximate surface area is 99.8 Å². The third-order valence-corrected chi connectivity index (χ3v) is 4.37. The standard InChI is InChI=1S/C12H26N4/c1-10-11(2)15-6-13(4)8-16(12(10)3)9-14(5)7-15/h10-12H,6-9H2,1-5H3/t10-,11-,12?/m0/s1. The van der Waals surface area contributed by atoms with Crippen LogP contribution in [-0.4, -0.2) is 72.5 Å². The summed E-state index contributed by atoms with van der Waals surface area (Å²) in [7, 11) is 4.45. The van der Waals surface area contributed by atoms with Crippen molar-refractivity contribution in [1.82, 2.24) is 19.6 Å². The van der Waals surface area contributed by atoms with E-state index in [1.807, 2.05) is 0 Å². The summed E-state index contributed by atoms with van der Waals surface area (Å²) in [6.07, 6.45) is 0. The van der Waals surface area contributed by atoms with Crippen LogP contribution in [0.2, 0.25) is 0 Å². The van der Waals surface area contributed by atoms with Gasteiger partial charge < -0.3 is 0 Å². The van der Waals surface area contributed by atoms with E-state index in [1.165, 1.54) is 0 Å². The molecule has 0 amide bonds. The van der Waals surface area contributed by atoms with Crippen LogP contribution in [0.15, 0.2) is 0 Å². The minimum atomic E-state index is 0.656. The first-order chi connectivity index (χ1) is 7.49. The largest absolute Gasteiger partial charge is 0.280 e. The van der Waals surface area contributed by atoms with Gasteiger partial charge in [0.25, 0.3) is 0 Å². The zero-order valence-corrected chi connectivity index (χ0v) is 11.3. The van der Waals surface area contributed by atoms with Crippen LogP contribution in [-0.2, 0) is 0 Å². The monoisotopic (exact) mass is 226 g/mol. The van der Waals surface area contributed by atoms with Gasteiger partial charge in [0, 0.05) is 12.1 Å². The van der Waals surface area contributed by atoms with Crippen molar-refractivity contribution in [2.75, 3.05) is 40.8 Å². The Morgan fingerprint density at radius 3 is 1.31 bits per heavy atom. The molecular formula is C12H26N4. The Kier molecular flexibility index (Phi) is 3.54. The summed E-state index contributed by atoms with van der Waals surface area (Å²) in [5.74, 6) is 0.738. The normalized spacial score (nSPS) is 47.4. The maximum atomic E-state index is 2.59. The van der Waals surface area contributed by atoms with Gasteiger partial charge in [0.1, 0.15) is 0 Å². The SMILES string of the molecule is CC1[C@@H](C)[C@H](C)[N@]2CN(C)C[N@@]1CN(C)C2. The van der Waals surface area contributed by atoms with Crippen LogP contribution < -0.4 is 0 Å². The van der Waals surface area contributed by atoms with Crippen molar-refractivity contribution in [2.24, 2.45) is 5.92 Å². The highest BCUT2D eigenvalue weighted by atomic mass is 15.5. The molecule has 0 N–H and O–H groups in total. The molecule has 2 bridgehead atoms. The average Bonchev–Trinajstić information content (AvgIpc) is 2.21. The lowest BCUT2D eigenvalue weighted by molar-refractivity contribution is -0.0910. The molecule has 3 heterocycles. The fourth-order valence-corrected chi connectivity index (χ4v) is 3.00. The molecule has 4 nitrogen and oxygen atoms in total. The second-order valence-corrected chi connectivity index (χ2v) is 5.80. The first-order valence-corrected chi connectivity index (χ1v) is 6.34. The van der Waals surface area contributed by atoms with Gasteiger partial charge in [-0.1, -0.05) is 6.92 Å². The first kappa shape index (κ1) is 12.3. The predicted molar refractivity (Wildman–Crippen MR) is 66.8 cm³/mol. The first-order valence-electron chi connectivity index (χ1n) is 6.34. The molecule has 4 heteroatoms. The quantitative estimate of drug-likeness (QED) is 0.603. The molecule has 0 aromatic heterocycles. The van der Waals surface area contributed by atoms with E-state index < -0.39 is 0 Å². The highest BCUT2D eigenvalue weighted by Gasteiger charge is 2.35. The van der Waals surface area contributed by atoms with E-state index in [2.05, 4.69) is 54.5 Å². The Hall–Kier alpha value is -0.160. The Morgan fingerprint density at radius 2 is 1.00 bits per heavy atom. The van der Waals surface area contributed by atoms with E-state index in [-0.39, 0.29) is 0 Å². The van der Waals surface area contributed by atoms with Gasteiger partial charge in [0.05, 0.1) is 26.7 Å². The summed E-state index contributed by atoms with van der Waals surface area (Å²) in [5, 5.41) is 0. The summed E-state index contributed by atoms with van der Waals surface area (Å²) < 4.78 is 0. The average molecular weight is 226 g/mol. The van der Waals surface area contributed by atoms with Gasteiger partial charge in [0.15, 0.2) is 0 Å². The number of hydrogen-bond acceptors (Lipinski definition) is 4. The van der Waals surface area contributed by atoms with Crippen molar-refractivity contribution in [2.45, 2.75) is 32.9 Å². The van der Waals surface area contributed by atoms with Gasteiger partial charge in [-0.2, -0.15) is 0 Å². The molecule has 1 unspecified atom stereocenters. The second kappa shape index (κ2) is 4.61. The van der Waals surface area contributed by atoms with Crippen molar-refractivity contribution in [1.29, 1.82) is 0 Å². The van der Waals surface area contributed by atoms with E-state index >= 15 is 0 Å². The van der Waals surface area contributed by atoms with Crippen LogP contribution in [0.5, 0.6) is 0 Å².